The second-order valence-corrected chi connectivity index (χ2v) is 10.7. The Kier molecular flexibility index (Phi) is 9.40. The molecule has 0 bridgehead atoms. The molecule has 2 heterocycles. The van der Waals surface area contributed by atoms with E-state index in [1.165, 1.54) is 41.4 Å². The van der Waals surface area contributed by atoms with Crippen LogP contribution in [0.15, 0.2) is 85.2 Å². The third-order valence-electron chi connectivity index (χ3n) is 7.19. The number of likely N-dealkylation sites (tertiary alicyclic amines) is 1. The molecule has 13 heteroatoms. The lowest BCUT2D eigenvalue weighted by atomic mass is 9.98. The highest BCUT2D eigenvalue weighted by molar-refractivity contribution is 6.30. The maximum atomic E-state index is 13.4. The average molecular weight is 614 g/mol. The van der Waals surface area contributed by atoms with Gasteiger partial charge in [0.05, 0.1) is 11.3 Å². The van der Waals surface area contributed by atoms with Crippen LogP contribution in [0.3, 0.4) is 0 Å². The first kappa shape index (κ1) is 30.1. The smallest absolute Gasteiger partial charge is 0.335 e. The topological polar surface area (TPSA) is 159 Å². The Morgan fingerprint density at radius 3 is 2.50 bits per heavy atom. The number of nitrogens with zero attached hydrogens (tertiary/aromatic N) is 5. The molecule has 224 valence electrons. The van der Waals surface area contributed by atoms with Crippen LogP contribution in [-0.2, 0) is 9.59 Å². The van der Waals surface area contributed by atoms with E-state index in [0.29, 0.717) is 47.0 Å². The summed E-state index contributed by atoms with van der Waals surface area (Å²) in [5.41, 5.74) is 2.22. The summed E-state index contributed by atoms with van der Waals surface area (Å²) in [7, 11) is 0. The number of nitrogens with one attached hydrogen (secondary N) is 2. The number of amides is 3. The first-order valence-corrected chi connectivity index (χ1v) is 14.1. The molecule has 0 spiro atoms. The highest BCUT2D eigenvalue weighted by atomic mass is 35.5. The van der Waals surface area contributed by atoms with Crippen molar-refractivity contribution < 1.29 is 24.3 Å². The zero-order valence-corrected chi connectivity index (χ0v) is 24.1. The maximum Gasteiger partial charge on any atom is 0.335 e. The Balaban J connectivity index is 1.31. The van der Waals surface area contributed by atoms with Crippen LogP contribution in [0, 0.1) is 5.92 Å². The molecular weight excluding hydrogens is 586 g/mol. The lowest BCUT2D eigenvalue weighted by molar-refractivity contribution is -0.124. The number of benzene rings is 3. The highest BCUT2D eigenvalue weighted by Crippen LogP contribution is 2.24. The van der Waals surface area contributed by atoms with E-state index in [2.05, 4.69) is 26.2 Å². The fourth-order valence-corrected chi connectivity index (χ4v) is 5.17. The molecule has 4 aromatic rings. The molecule has 0 radical (unpaired) electrons. The number of hydrogen-bond donors (Lipinski definition) is 3. The lowest BCUT2D eigenvalue weighted by Crippen LogP contribution is -2.44. The Morgan fingerprint density at radius 2 is 1.80 bits per heavy atom. The van der Waals surface area contributed by atoms with Gasteiger partial charge < -0.3 is 20.6 Å². The molecule has 3 amide bonds. The molecule has 1 aliphatic heterocycles. The summed E-state index contributed by atoms with van der Waals surface area (Å²) in [5.74, 6) is -2.21. The van der Waals surface area contributed by atoms with Crippen LogP contribution in [-0.4, -0.2) is 73.0 Å². The molecule has 1 aromatic heterocycles. The summed E-state index contributed by atoms with van der Waals surface area (Å²) in [5, 5.41) is 26.3. The number of carboxylic acid groups (broad SMARTS) is 1. The lowest BCUT2D eigenvalue weighted by Gasteiger charge is -2.22. The molecule has 2 atom stereocenters. The van der Waals surface area contributed by atoms with Crippen molar-refractivity contribution in [3.05, 3.63) is 107 Å². The predicted molar refractivity (Wildman–Crippen MR) is 162 cm³/mol. The molecule has 44 heavy (non-hydrogen) atoms. The van der Waals surface area contributed by atoms with E-state index in [1.54, 1.807) is 41.3 Å². The van der Waals surface area contributed by atoms with Gasteiger partial charge in [0, 0.05) is 41.0 Å². The van der Waals surface area contributed by atoms with Crippen molar-refractivity contribution in [2.75, 3.05) is 18.4 Å². The van der Waals surface area contributed by atoms with Gasteiger partial charge in [0.15, 0.2) is 0 Å². The van der Waals surface area contributed by atoms with Crippen molar-refractivity contribution >= 4 is 47.1 Å². The van der Waals surface area contributed by atoms with Crippen LogP contribution in [0.2, 0.25) is 5.02 Å². The van der Waals surface area contributed by atoms with Crippen molar-refractivity contribution in [3.63, 3.8) is 0 Å². The van der Waals surface area contributed by atoms with E-state index in [0.717, 1.165) is 0 Å². The van der Waals surface area contributed by atoms with E-state index < -0.39 is 23.8 Å². The van der Waals surface area contributed by atoms with Crippen LogP contribution < -0.4 is 10.6 Å². The van der Waals surface area contributed by atoms with Crippen LogP contribution in [0.4, 0.5) is 5.69 Å². The van der Waals surface area contributed by atoms with Crippen LogP contribution in [0.1, 0.15) is 39.1 Å². The Labute approximate surface area is 257 Å². The SMILES string of the molecule is O=C(/C=C/c1cc(Cl)ccc1-n1cnnn1)N[C@@H](CC1CCN(C(=O)c2ccccc2)C1)C(=O)Nc1ccc(C(=O)O)cc1. The number of carbonyl (C=O) groups is 4. The molecular formula is C31H28ClN7O5. The van der Waals surface area contributed by atoms with Crippen molar-refractivity contribution in [1.29, 1.82) is 0 Å². The van der Waals surface area contributed by atoms with Gasteiger partial charge in [-0.05, 0) is 89.9 Å². The van der Waals surface area contributed by atoms with Crippen molar-refractivity contribution in [3.8, 4) is 5.69 Å². The van der Waals surface area contributed by atoms with Gasteiger partial charge in [-0.2, -0.15) is 4.68 Å². The van der Waals surface area contributed by atoms with Gasteiger partial charge in [0.25, 0.3) is 5.91 Å². The largest absolute Gasteiger partial charge is 0.478 e. The quantitative estimate of drug-likeness (QED) is 0.228. The van der Waals surface area contributed by atoms with Crippen LogP contribution in [0.5, 0.6) is 0 Å². The van der Waals surface area contributed by atoms with Gasteiger partial charge in [0.1, 0.15) is 12.4 Å². The number of carboxylic acids is 1. The number of rotatable bonds is 10. The van der Waals surface area contributed by atoms with Gasteiger partial charge in [-0.1, -0.05) is 29.8 Å². The number of tetrazole rings is 1. The molecule has 0 saturated carbocycles. The Hall–Kier alpha value is -5.36. The van der Waals surface area contributed by atoms with Crippen molar-refractivity contribution in [2.24, 2.45) is 5.92 Å². The predicted octanol–water partition coefficient (Wildman–Crippen LogP) is 3.70. The number of halogens is 1. The molecule has 12 nitrogen and oxygen atoms in total. The molecule has 3 aromatic carbocycles. The van der Waals surface area contributed by atoms with Gasteiger partial charge >= 0.3 is 5.97 Å². The molecule has 1 aliphatic rings. The molecule has 3 N–H and O–H groups in total. The Bertz CT molecular complexity index is 1680. The minimum atomic E-state index is -1.08. The molecule has 0 aliphatic carbocycles. The van der Waals surface area contributed by atoms with Crippen LogP contribution >= 0.6 is 11.6 Å². The fourth-order valence-electron chi connectivity index (χ4n) is 4.99. The average Bonchev–Trinajstić information content (AvgIpc) is 3.73. The standard InChI is InChI=1S/C31H28ClN7O5/c32-24-9-12-27(39-19-33-36-37-39)23(17-24)8-13-28(40)35-26(29(41)34-25-10-6-22(7-11-25)31(43)44)16-20-14-15-38(18-20)30(42)21-4-2-1-3-5-21/h1-13,17,19-20,26H,14-16,18H2,(H,34,41)(H,35,40)(H,43,44)/b13-8+/t20?,26-/m0/s1. The summed E-state index contributed by atoms with van der Waals surface area (Å²) in [6.07, 6.45) is 5.20. The van der Waals surface area contributed by atoms with Crippen LogP contribution in [0.25, 0.3) is 11.8 Å². The normalized spacial score (nSPS) is 15.2. The summed E-state index contributed by atoms with van der Waals surface area (Å²) >= 11 is 6.18. The number of aromatic carboxylic acids is 1. The molecule has 1 saturated heterocycles. The number of anilines is 1. The molecule has 5 rings (SSSR count). The summed E-state index contributed by atoms with van der Waals surface area (Å²) in [4.78, 5) is 52.5. The van der Waals surface area contributed by atoms with E-state index >= 15 is 0 Å². The third kappa shape index (κ3) is 7.53. The number of aromatic nitrogens is 4. The first-order valence-electron chi connectivity index (χ1n) is 13.8. The number of hydrogen-bond acceptors (Lipinski definition) is 7. The van der Waals surface area contributed by atoms with Gasteiger partial charge in [-0.15, -0.1) is 5.10 Å². The summed E-state index contributed by atoms with van der Waals surface area (Å²) in [6, 6.07) is 18.8. The van der Waals surface area contributed by atoms with Gasteiger partial charge in [-0.3, -0.25) is 14.4 Å². The zero-order chi connectivity index (χ0) is 31.1. The Morgan fingerprint density at radius 1 is 1.02 bits per heavy atom. The van der Waals surface area contributed by atoms with Crippen molar-refractivity contribution in [1.82, 2.24) is 30.4 Å². The van der Waals surface area contributed by atoms with E-state index in [4.69, 9.17) is 16.7 Å². The first-order chi connectivity index (χ1) is 21.3. The zero-order valence-electron chi connectivity index (χ0n) is 23.3. The monoisotopic (exact) mass is 613 g/mol. The van der Waals surface area contributed by atoms with Gasteiger partial charge in [0.2, 0.25) is 11.8 Å². The molecule has 1 fully saturated rings. The minimum Gasteiger partial charge on any atom is -0.478 e. The van der Waals surface area contributed by atoms with Gasteiger partial charge in [-0.25, -0.2) is 4.79 Å². The molecule has 1 unspecified atom stereocenters. The van der Waals surface area contributed by atoms with E-state index in [9.17, 15) is 19.2 Å². The summed E-state index contributed by atoms with van der Waals surface area (Å²) in [6.45, 7) is 0.972. The summed E-state index contributed by atoms with van der Waals surface area (Å²) < 4.78 is 1.43. The fraction of sp³-hybridized carbons (Fsp3) is 0.194. The second kappa shape index (κ2) is 13.7. The van der Waals surface area contributed by atoms with E-state index in [-0.39, 0.29) is 23.8 Å². The van der Waals surface area contributed by atoms with Crippen molar-refractivity contribution in [2.45, 2.75) is 18.9 Å². The maximum absolute atomic E-state index is 13.4. The highest BCUT2D eigenvalue weighted by Gasteiger charge is 2.31. The second-order valence-electron chi connectivity index (χ2n) is 10.2. The number of carbonyl (C=O) groups excluding carboxylic acids is 3. The van der Waals surface area contributed by atoms with E-state index in [1.807, 2.05) is 18.2 Å². The third-order valence-corrected chi connectivity index (χ3v) is 7.43. The minimum absolute atomic E-state index is 0.0450.